The Labute approximate surface area is 387 Å². The Morgan fingerprint density at radius 3 is 1.06 bits per heavy atom. The molecule has 6 nitrogen and oxygen atoms in total. The fourth-order valence-corrected chi connectivity index (χ4v) is 6.50. The van der Waals surface area contributed by atoms with E-state index in [9.17, 15) is 14.4 Å². The number of unbranched alkanes of at least 4 members (excludes halogenated alkanes) is 15. The van der Waals surface area contributed by atoms with Gasteiger partial charge in [0.2, 0.25) is 0 Å². The van der Waals surface area contributed by atoms with Gasteiger partial charge in [0.25, 0.3) is 0 Å². The zero-order valence-electron chi connectivity index (χ0n) is 40.5. The van der Waals surface area contributed by atoms with Crippen molar-refractivity contribution in [1.29, 1.82) is 0 Å². The van der Waals surface area contributed by atoms with Gasteiger partial charge < -0.3 is 14.2 Å². The standard InChI is InChI=1S/C57H92O6/c1-4-7-10-13-16-19-22-25-27-28-30-32-35-38-41-44-47-50-56(59)62-53-54(52-61-55(58)49-46-43-40-37-34-31-24-21-18-15-12-9-6-3)63-57(60)51-48-45-42-39-36-33-29-26-23-20-17-14-11-8-5-2/h8-9,11-12,16-21,25-27,29,31,34,40,43,54H,4-7,10,13-15,22-24,28,30,32-33,35-39,41-42,44-53H2,1-3H3/b11-8-,12-9-,19-16-,20-17-,21-18-,27-25-,29-26-,34-31-,43-40-. The van der Waals surface area contributed by atoms with E-state index in [0.29, 0.717) is 12.8 Å². The maximum Gasteiger partial charge on any atom is 0.306 e. The van der Waals surface area contributed by atoms with Crippen LogP contribution in [-0.4, -0.2) is 37.2 Å². The van der Waals surface area contributed by atoms with Crippen molar-refractivity contribution >= 4 is 17.9 Å². The quantitative estimate of drug-likeness (QED) is 0.0263. The number of rotatable bonds is 44. The van der Waals surface area contributed by atoms with E-state index in [1.54, 1.807) is 0 Å². The van der Waals surface area contributed by atoms with Crippen molar-refractivity contribution in [2.24, 2.45) is 0 Å². The second kappa shape index (κ2) is 50.7. The molecule has 0 aliphatic heterocycles. The predicted octanol–water partition coefficient (Wildman–Crippen LogP) is 16.8. The first kappa shape index (κ1) is 59.1. The van der Waals surface area contributed by atoms with Crippen LogP contribution < -0.4 is 0 Å². The number of carbonyl (C=O) groups excluding carboxylic acids is 3. The van der Waals surface area contributed by atoms with Gasteiger partial charge in [0, 0.05) is 19.3 Å². The van der Waals surface area contributed by atoms with Crippen LogP contribution >= 0.6 is 0 Å². The van der Waals surface area contributed by atoms with Gasteiger partial charge in [-0.25, -0.2) is 0 Å². The first-order valence-corrected chi connectivity index (χ1v) is 25.4. The summed E-state index contributed by atoms with van der Waals surface area (Å²) in [7, 11) is 0. The summed E-state index contributed by atoms with van der Waals surface area (Å²) in [6.45, 7) is 6.28. The summed E-state index contributed by atoms with van der Waals surface area (Å²) in [6.07, 6.45) is 68.0. The van der Waals surface area contributed by atoms with Gasteiger partial charge in [0.05, 0.1) is 0 Å². The highest BCUT2D eigenvalue weighted by Gasteiger charge is 2.19. The number of hydrogen-bond acceptors (Lipinski definition) is 6. The van der Waals surface area contributed by atoms with Crippen molar-refractivity contribution in [3.05, 3.63) is 109 Å². The van der Waals surface area contributed by atoms with Crippen LogP contribution in [0.15, 0.2) is 109 Å². The van der Waals surface area contributed by atoms with E-state index >= 15 is 0 Å². The lowest BCUT2D eigenvalue weighted by atomic mass is 10.1. The van der Waals surface area contributed by atoms with Gasteiger partial charge in [-0.15, -0.1) is 0 Å². The number of esters is 3. The van der Waals surface area contributed by atoms with Gasteiger partial charge in [0.15, 0.2) is 6.10 Å². The minimum atomic E-state index is -0.820. The van der Waals surface area contributed by atoms with Crippen molar-refractivity contribution in [1.82, 2.24) is 0 Å². The summed E-state index contributed by atoms with van der Waals surface area (Å²) in [5.41, 5.74) is 0. The Balaban J connectivity index is 4.51. The molecule has 1 atom stereocenters. The molecular weight excluding hydrogens is 781 g/mol. The van der Waals surface area contributed by atoms with Gasteiger partial charge in [-0.3, -0.25) is 14.4 Å². The molecule has 0 heterocycles. The van der Waals surface area contributed by atoms with Crippen LogP contribution in [0.5, 0.6) is 0 Å². The first-order valence-electron chi connectivity index (χ1n) is 25.4. The SMILES string of the molecule is CC/C=C\C/C=C\C/C=C\C/C=C\CCC(=O)OCC(COC(=O)CCCCCCCCC/C=C\C/C=C\CCCCC)OC(=O)CCCCCCC/C=C\C/C=C\C/C=C\CC. The molecule has 63 heavy (non-hydrogen) atoms. The molecule has 0 aliphatic rings. The summed E-state index contributed by atoms with van der Waals surface area (Å²) in [6, 6.07) is 0. The average molecular weight is 873 g/mol. The van der Waals surface area contributed by atoms with E-state index in [-0.39, 0.29) is 44.0 Å². The molecule has 0 fully saturated rings. The normalized spacial score (nSPS) is 13.0. The van der Waals surface area contributed by atoms with E-state index < -0.39 is 6.10 Å². The number of hydrogen-bond donors (Lipinski definition) is 0. The molecule has 0 aromatic rings. The molecule has 0 saturated carbocycles. The fourth-order valence-electron chi connectivity index (χ4n) is 6.50. The second-order valence-corrected chi connectivity index (χ2v) is 16.3. The van der Waals surface area contributed by atoms with Crippen LogP contribution in [0.2, 0.25) is 0 Å². The van der Waals surface area contributed by atoms with Crippen molar-refractivity contribution in [2.45, 2.75) is 219 Å². The van der Waals surface area contributed by atoms with Crippen LogP contribution in [-0.2, 0) is 28.6 Å². The van der Waals surface area contributed by atoms with Crippen molar-refractivity contribution < 1.29 is 28.6 Å². The molecule has 0 aliphatic carbocycles. The third kappa shape index (κ3) is 49.0. The van der Waals surface area contributed by atoms with Gasteiger partial charge in [-0.2, -0.15) is 0 Å². The summed E-state index contributed by atoms with van der Waals surface area (Å²) < 4.78 is 16.7. The van der Waals surface area contributed by atoms with E-state index in [2.05, 4.69) is 118 Å². The van der Waals surface area contributed by atoms with Gasteiger partial charge in [-0.1, -0.05) is 194 Å². The summed E-state index contributed by atoms with van der Waals surface area (Å²) in [4.78, 5) is 37.9. The number of allylic oxidation sites excluding steroid dienone is 18. The molecule has 0 aromatic carbocycles. The molecule has 0 bridgehead atoms. The van der Waals surface area contributed by atoms with E-state index in [1.807, 2.05) is 12.2 Å². The third-order valence-electron chi connectivity index (χ3n) is 10.3. The third-order valence-corrected chi connectivity index (χ3v) is 10.3. The molecule has 0 spiro atoms. The highest BCUT2D eigenvalue weighted by Crippen LogP contribution is 2.13. The van der Waals surface area contributed by atoms with E-state index in [0.717, 1.165) is 116 Å². The monoisotopic (exact) mass is 873 g/mol. The molecular formula is C57H92O6. The topological polar surface area (TPSA) is 78.9 Å². The Hall–Kier alpha value is -3.93. The van der Waals surface area contributed by atoms with Crippen molar-refractivity contribution in [3.8, 4) is 0 Å². The van der Waals surface area contributed by atoms with Crippen LogP contribution in [0.25, 0.3) is 0 Å². The maximum atomic E-state index is 12.8. The Morgan fingerprint density at radius 2 is 0.651 bits per heavy atom. The molecule has 0 N–H and O–H groups in total. The molecule has 0 rings (SSSR count). The largest absolute Gasteiger partial charge is 0.462 e. The highest BCUT2D eigenvalue weighted by molar-refractivity contribution is 5.71. The minimum Gasteiger partial charge on any atom is -0.462 e. The first-order chi connectivity index (χ1) is 31.0. The Morgan fingerprint density at radius 1 is 0.333 bits per heavy atom. The number of carbonyl (C=O) groups is 3. The predicted molar refractivity (Wildman–Crippen MR) is 270 cm³/mol. The van der Waals surface area contributed by atoms with Gasteiger partial charge in [0.1, 0.15) is 13.2 Å². The molecule has 356 valence electrons. The lowest BCUT2D eigenvalue weighted by Crippen LogP contribution is -2.30. The van der Waals surface area contributed by atoms with Gasteiger partial charge in [-0.05, 0) is 109 Å². The van der Waals surface area contributed by atoms with Crippen LogP contribution in [0.3, 0.4) is 0 Å². The zero-order valence-corrected chi connectivity index (χ0v) is 40.5. The molecule has 1 unspecified atom stereocenters. The van der Waals surface area contributed by atoms with E-state index in [1.165, 1.54) is 51.4 Å². The smallest absolute Gasteiger partial charge is 0.306 e. The summed E-state index contributed by atoms with van der Waals surface area (Å²) >= 11 is 0. The van der Waals surface area contributed by atoms with Crippen LogP contribution in [0.1, 0.15) is 213 Å². The highest BCUT2D eigenvalue weighted by atomic mass is 16.6. The Kier molecular flexibility index (Phi) is 47.5. The van der Waals surface area contributed by atoms with Crippen LogP contribution in [0.4, 0.5) is 0 Å². The molecule has 6 heteroatoms. The maximum absolute atomic E-state index is 12.8. The number of ether oxygens (including phenoxy) is 3. The lowest BCUT2D eigenvalue weighted by molar-refractivity contribution is -0.166. The lowest BCUT2D eigenvalue weighted by Gasteiger charge is -2.18. The van der Waals surface area contributed by atoms with Crippen LogP contribution in [0, 0.1) is 0 Å². The molecule has 0 saturated heterocycles. The van der Waals surface area contributed by atoms with Gasteiger partial charge >= 0.3 is 17.9 Å². The minimum absolute atomic E-state index is 0.113. The fraction of sp³-hybridized carbons (Fsp3) is 0.632. The van der Waals surface area contributed by atoms with Crippen molar-refractivity contribution in [2.75, 3.05) is 13.2 Å². The summed E-state index contributed by atoms with van der Waals surface area (Å²) in [5, 5.41) is 0. The Bertz CT molecular complexity index is 1330. The zero-order chi connectivity index (χ0) is 45.8. The molecule has 0 radical (unpaired) electrons. The molecule has 0 amide bonds. The second-order valence-electron chi connectivity index (χ2n) is 16.3. The average Bonchev–Trinajstić information content (AvgIpc) is 3.28. The summed E-state index contributed by atoms with van der Waals surface area (Å²) in [5.74, 6) is -1.03. The molecule has 0 aromatic heterocycles. The van der Waals surface area contributed by atoms with E-state index in [4.69, 9.17) is 14.2 Å². The van der Waals surface area contributed by atoms with Crippen molar-refractivity contribution in [3.63, 3.8) is 0 Å².